The Morgan fingerprint density at radius 2 is 1.71 bits per heavy atom. The molecule has 0 fully saturated rings. The van der Waals surface area contributed by atoms with Crippen molar-refractivity contribution in [3.05, 3.63) is 65.7 Å². The van der Waals surface area contributed by atoms with E-state index < -0.39 is 0 Å². The molecule has 0 spiro atoms. The standard InChI is InChI=1S/C17H15/c1-12-10-14-7-5-9-16(17(14)11-12)15-8-4-3-6-13(15)2/h3-11H,1-2H3/q-1. The largest absolute Gasteiger partial charge is 0.145 e. The van der Waals surface area contributed by atoms with Gasteiger partial charge >= 0.3 is 0 Å². The minimum absolute atomic E-state index is 1.33. The van der Waals surface area contributed by atoms with Crippen LogP contribution in [-0.2, 0) is 0 Å². The third-order valence-corrected chi connectivity index (χ3v) is 3.33. The first-order valence-corrected chi connectivity index (χ1v) is 5.98. The maximum absolute atomic E-state index is 2.27. The molecule has 2 aliphatic carbocycles. The number of aryl methyl sites for hydroxylation is 2. The summed E-state index contributed by atoms with van der Waals surface area (Å²) in [5.74, 6) is 0. The van der Waals surface area contributed by atoms with Crippen LogP contribution in [0.25, 0.3) is 22.3 Å². The molecule has 0 saturated carbocycles. The van der Waals surface area contributed by atoms with E-state index >= 15 is 0 Å². The van der Waals surface area contributed by atoms with Gasteiger partial charge in [-0.25, -0.2) is 0 Å². The van der Waals surface area contributed by atoms with Crippen molar-refractivity contribution >= 4 is 0 Å². The number of hydrogen-bond acceptors (Lipinski definition) is 0. The lowest BCUT2D eigenvalue weighted by atomic mass is 9.94. The molecule has 3 rings (SSSR count). The van der Waals surface area contributed by atoms with E-state index in [4.69, 9.17) is 0 Å². The topological polar surface area (TPSA) is 0 Å². The van der Waals surface area contributed by atoms with Crippen molar-refractivity contribution < 1.29 is 0 Å². The summed E-state index contributed by atoms with van der Waals surface area (Å²) in [7, 11) is 0. The average Bonchev–Trinajstić information content (AvgIpc) is 2.70. The fraction of sp³-hybridized carbons (Fsp3) is 0.118. The summed E-state index contributed by atoms with van der Waals surface area (Å²) in [5.41, 5.74) is 8.04. The van der Waals surface area contributed by atoms with E-state index in [1.807, 2.05) is 0 Å². The number of hydrogen-bond donors (Lipinski definition) is 0. The van der Waals surface area contributed by atoms with Gasteiger partial charge in [0.25, 0.3) is 0 Å². The Morgan fingerprint density at radius 1 is 0.882 bits per heavy atom. The van der Waals surface area contributed by atoms with Gasteiger partial charge in [0.05, 0.1) is 0 Å². The van der Waals surface area contributed by atoms with E-state index in [2.05, 4.69) is 68.4 Å². The lowest BCUT2D eigenvalue weighted by molar-refractivity contribution is 1.46. The molecule has 0 aliphatic heterocycles. The molecule has 0 bridgehead atoms. The van der Waals surface area contributed by atoms with E-state index in [1.54, 1.807) is 0 Å². The van der Waals surface area contributed by atoms with Crippen molar-refractivity contribution in [3.8, 4) is 22.3 Å². The molecule has 0 heterocycles. The van der Waals surface area contributed by atoms with Crippen molar-refractivity contribution in [2.75, 3.05) is 0 Å². The summed E-state index contributed by atoms with van der Waals surface area (Å²) in [6.07, 6.45) is 0. The van der Waals surface area contributed by atoms with Crippen molar-refractivity contribution in [1.29, 1.82) is 0 Å². The summed E-state index contributed by atoms with van der Waals surface area (Å²) >= 11 is 0. The first-order chi connectivity index (χ1) is 8.25. The number of rotatable bonds is 1. The van der Waals surface area contributed by atoms with Crippen LogP contribution in [0.3, 0.4) is 0 Å². The minimum atomic E-state index is 1.33. The van der Waals surface area contributed by atoms with E-state index in [1.165, 1.54) is 33.4 Å². The fourth-order valence-corrected chi connectivity index (χ4v) is 2.49. The molecule has 0 atom stereocenters. The van der Waals surface area contributed by atoms with E-state index in [-0.39, 0.29) is 0 Å². The fourth-order valence-electron chi connectivity index (χ4n) is 2.49. The zero-order valence-corrected chi connectivity index (χ0v) is 10.2. The number of benzene rings is 2. The predicted molar refractivity (Wildman–Crippen MR) is 73.6 cm³/mol. The Bertz CT molecular complexity index is 628. The van der Waals surface area contributed by atoms with E-state index in [9.17, 15) is 0 Å². The van der Waals surface area contributed by atoms with Gasteiger partial charge in [-0.05, 0) is 13.8 Å². The Hall–Kier alpha value is -1.95. The van der Waals surface area contributed by atoms with Gasteiger partial charge < -0.3 is 0 Å². The highest BCUT2D eigenvalue weighted by molar-refractivity contribution is 5.87. The SMILES string of the molecule is Cc1cc2cc[cH-]c(-c3ccccc3C)c-2c1. The zero-order chi connectivity index (χ0) is 11.8. The Morgan fingerprint density at radius 3 is 2.53 bits per heavy atom. The van der Waals surface area contributed by atoms with E-state index in [0.29, 0.717) is 0 Å². The smallest absolute Gasteiger partial charge is 0.0406 e. The molecule has 0 unspecified atom stereocenters. The monoisotopic (exact) mass is 219 g/mol. The van der Waals surface area contributed by atoms with Crippen LogP contribution in [0.2, 0.25) is 0 Å². The van der Waals surface area contributed by atoms with Gasteiger partial charge in [0.1, 0.15) is 0 Å². The van der Waals surface area contributed by atoms with Gasteiger partial charge in [0.15, 0.2) is 0 Å². The zero-order valence-electron chi connectivity index (χ0n) is 10.2. The highest BCUT2D eigenvalue weighted by atomic mass is 14.2. The maximum Gasteiger partial charge on any atom is -0.0406 e. The Labute approximate surface area is 102 Å². The van der Waals surface area contributed by atoms with Crippen LogP contribution in [-0.4, -0.2) is 0 Å². The quantitative estimate of drug-likeness (QED) is 0.516. The summed E-state index contributed by atoms with van der Waals surface area (Å²) in [4.78, 5) is 0. The molecule has 84 valence electrons. The normalized spacial score (nSPS) is 10.9. The molecule has 0 saturated heterocycles. The van der Waals surface area contributed by atoms with Crippen LogP contribution >= 0.6 is 0 Å². The molecule has 2 aliphatic rings. The molecule has 0 heteroatoms. The number of fused-ring (bicyclic) bond motifs is 1. The summed E-state index contributed by atoms with van der Waals surface area (Å²) in [5, 5.41) is 0. The average molecular weight is 219 g/mol. The molecule has 0 amide bonds. The van der Waals surface area contributed by atoms with Crippen molar-refractivity contribution in [1.82, 2.24) is 0 Å². The summed E-state index contributed by atoms with van der Waals surface area (Å²) in [6, 6.07) is 19.6. The van der Waals surface area contributed by atoms with Crippen molar-refractivity contribution in [2.24, 2.45) is 0 Å². The molecular weight excluding hydrogens is 204 g/mol. The van der Waals surface area contributed by atoms with Crippen LogP contribution in [0.1, 0.15) is 11.1 Å². The molecule has 0 N–H and O–H groups in total. The van der Waals surface area contributed by atoms with Crippen LogP contribution in [0.4, 0.5) is 0 Å². The summed E-state index contributed by atoms with van der Waals surface area (Å²) < 4.78 is 0. The Balaban J connectivity index is 2.29. The van der Waals surface area contributed by atoms with Crippen LogP contribution in [0, 0.1) is 13.8 Å². The second kappa shape index (κ2) is 3.81. The van der Waals surface area contributed by atoms with Gasteiger partial charge in [-0.1, -0.05) is 53.1 Å². The molecule has 1 aromatic rings. The lowest BCUT2D eigenvalue weighted by Gasteiger charge is -2.18. The first kappa shape index (κ1) is 10.2. The highest BCUT2D eigenvalue weighted by Crippen LogP contribution is 2.36. The molecule has 0 aromatic heterocycles. The van der Waals surface area contributed by atoms with Crippen LogP contribution in [0.15, 0.2) is 54.6 Å². The predicted octanol–water partition coefficient (Wildman–Crippen LogP) is 4.79. The molecule has 0 nitrogen and oxygen atoms in total. The van der Waals surface area contributed by atoms with Crippen molar-refractivity contribution in [2.45, 2.75) is 13.8 Å². The van der Waals surface area contributed by atoms with Gasteiger partial charge in [-0.2, -0.15) is 0 Å². The lowest BCUT2D eigenvalue weighted by Crippen LogP contribution is -1.85. The Kier molecular flexibility index (Phi) is 2.29. The van der Waals surface area contributed by atoms with E-state index in [0.717, 1.165) is 0 Å². The second-order valence-electron chi connectivity index (χ2n) is 4.66. The first-order valence-electron chi connectivity index (χ1n) is 5.98. The third kappa shape index (κ3) is 1.66. The van der Waals surface area contributed by atoms with Gasteiger partial charge in [0.2, 0.25) is 0 Å². The molecule has 0 radical (unpaired) electrons. The minimum Gasteiger partial charge on any atom is -0.145 e. The van der Waals surface area contributed by atoms with Gasteiger partial charge in [-0.15, -0.1) is 34.9 Å². The van der Waals surface area contributed by atoms with Gasteiger partial charge in [-0.3, -0.25) is 0 Å². The molecular formula is C17H15-. The van der Waals surface area contributed by atoms with Crippen LogP contribution < -0.4 is 0 Å². The summed E-state index contributed by atoms with van der Waals surface area (Å²) in [6.45, 7) is 4.32. The molecule has 17 heavy (non-hydrogen) atoms. The maximum atomic E-state index is 2.27. The third-order valence-electron chi connectivity index (χ3n) is 3.33. The second-order valence-corrected chi connectivity index (χ2v) is 4.66. The van der Waals surface area contributed by atoms with Gasteiger partial charge in [0, 0.05) is 0 Å². The molecule has 1 aromatic carbocycles. The van der Waals surface area contributed by atoms with Crippen LogP contribution in [0.5, 0.6) is 0 Å². The highest BCUT2D eigenvalue weighted by Gasteiger charge is 2.04. The van der Waals surface area contributed by atoms with Crippen molar-refractivity contribution in [3.63, 3.8) is 0 Å².